The molecule has 0 heteroatoms. The Kier molecular flexibility index (Phi) is 3.96. The van der Waals surface area contributed by atoms with E-state index in [1.54, 1.807) is 0 Å². The lowest BCUT2D eigenvalue weighted by Gasteiger charge is -2.30. The first kappa shape index (κ1) is 9.09. The number of rotatable bonds is 3. The minimum atomic E-state index is 1.07. The van der Waals surface area contributed by atoms with Gasteiger partial charge < -0.3 is 0 Å². The van der Waals surface area contributed by atoms with Crippen molar-refractivity contribution in [2.24, 2.45) is 11.8 Å². The molecule has 0 bridgehead atoms. The molecule has 1 unspecified atom stereocenters. The van der Waals surface area contributed by atoms with Crippen molar-refractivity contribution in [1.82, 2.24) is 0 Å². The summed E-state index contributed by atoms with van der Waals surface area (Å²) in [5.41, 5.74) is 0. The van der Waals surface area contributed by atoms with Crippen molar-refractivity contribution in [3.05, 3.63) is 0 Å². The molecule has 0 heterocycles. The second-order valence-electron chi connectivity index (χ2n) is 4.00. The fourth-order valence-electron chi connectivity index (χ4n) is 2.57. The van der Waals surface area contributed by atoms with Crippen LogP contribution in [0, 0.1) is 11.8 Å². The van der Waals surface area contributed by atoms with Crippen molar-refractivity contribution < 1.29 is 0 Å². The molecule has 0 N–H and O–H groups in total. The molecular weight excluding hydrogens is 132 g/mol. The van der Waals surface area contributed by atoms with E-state index < -0.39 is 0 Å². The molecule has 2 atom stereocenters. The average molecular weight is 154 g/mol. The van der Waals surface area contributed by atoms with Crippen molar-refractivity contribution in [3.63, 3.8) is 0 Å². The van der Waals surface area contributed by atoms with Crippen LogP contribution in [-0.2, 0) is 0 Å². The van der Waals surface area contributed by atoms with Crippen LogP contribution in [0.15, 0.2) is 0 Å². The van der Waals surface area contributed by atoms with Crippen molar-refractivity contribution in [2.75, 3.05) is 0 Å². The van der Waals surface area contributed by atoms with E-state index in [0.29, 0.717) is 0 Å². The van der Waals surface area contributed by atoms with E-state index in [1.165, 1.54) is 44.9 Å². The second kappa shape index (κ2) is 4.79. The first-order valence-electron chi connectivity index (χ1n) is 5.38. The molecule has 1 rings (SSSR count). The Morgan fingerprint density at radius 1 is 1.00 bits per heavy atom. The van der Waals surface area contributed by atoms with Gasteiger partial charge in [0.05, 0.1) is 0 Å². The van der Waals surface area contributed by atoms with Crippen LogP contribution in [-0.4, -0.2) is 0 Å². The average Bonchev–Trinajstić information content (AvgIpc) is 2.06. The van der Waals surface area contributed by atoms with Gasteiger partial charge in [0.15, 0.2) is 0 Å². The van der Waals surface area contributed by atoms with Gasteiger partial charge in [-0.05, 0) is 11.8 Å². The molecule has 0 aromatic carbocycles. The summed E-state index contributed by atoms with van der Waals surface area (Å²) in [6.45, 7) is 4.68. The largest absolute Gasteiger partial charge is 0.0654 e. The highest BCUT2D eigenvalue weighted by Gasteiger charge is 2.22. The number of hydrogen-bond donors (Lipinski definition) is 0. The molecule has 0 nitrogen and oxygen atoms in total. The van der Waals surface area contributed by atoms with Gasteiger partial charge in [-0.2, -0.15) is 0 Å². The fourth-order valence-corrected chi connectivity index (χ4v) is 2.57. The van der Waals surface area contributed by atoms with Gasteiger partial charge in [-0.1, -0.05) is 58.8 Å². The first-order valence-corrected chi connectivity index (χ1v) is 5.38. The topological polar surface area (TPSA) is 0 Å². The van der Waals surface area contributed by atoms with E-state index in [0.717, 1.165) is 11.8 Å². The molecule has 1 aliphatic carbocycles. The number of hydrogen-bond acceptors (Lipinski definition) is 0. The Labute approximate surface area is 71.4 Å². The van der Waals surface area contributed by atoms with Crippen LogP contribution >= 0.6 is 0 Å². The maximum atomic E-state index is 2.36. The van der Waals surface area contributed by atoms with Crippen LogP contribution in [0.1, 0.15) is 58.8 Å². The van der Waals surface area contributed by atoms with E-state index in [-0.39, 0.29) is 0 Å². The molecule has 1 fully saturated rings. The predicted octanol–water partition coefficient (Wildman–Crippen LogP) is 4.00. The third-order valence-electron chi connectivity index (χ3n) is 3.25. The summed E-state index contributed by atoms with van der Waals surface area (Å²) < 4.78 is 0. The second-order valence-corrected chi connectivity index (χ2v) is 4.00. The van der Waals surface area contributed by atoms with Crippen molar-refractivity contribution in [3.8, 4) is 0 Å². The highest BCUT2D eigenvalue weighted by Crippen LogP contribution is 2.34. The van der Waals surface area contributed by atoms with Gasteiger partial charge in [0.25, 0.3) is 0 Å². The van der Waals surface area contributed by atoms with E-state index in [4.69, 9.17) is 0 Å². The van der Waals surface area contributed by atoms with Crippen molar-refractivity contribution >= 4 is 0 Å². The molecule has 0 amide bonds. The van der Waals surface area contributed by atoms with Crippen LogP contribution in [0.4, 0.5) is 0 Å². The van der Waals surface area contributed by atoms with E-state index in [1.807, 2.05) is 0 Å². The Morgan fingerprint density at radius 2 is 1.64 bits per heavy atom. The lowest BCUT2D eigenvalue weighted by Crippen LogP contribution is -2.18. The Bertz CT molecular complexity index is 94.2. The molecule has 0 spiro atoms. The molecular formula is C11H22. The predicted molar refractivity (Wildman–Crippen MR) is 50.6 cm³/mol. The first-order chi connectivity index (χ1) is 5.38. The van der Waals surface area contributed by atoms with Crippen molar-refractivity contribution in [1.29, 1.82) is 0 Å². The summed E-state index contributed by atoms with van der Waals surface area (Å²) in [7, 11) is 0. The molecule has 0 saturated heterocycles. The van der Waals surface area contributed by atoms with Crippen molar-refractivity contribution in [2.45, 2.75) is 58.8 Å². The van der Waals surface area contributed by atoms with Gasteiger partial charge in [-0.25, -0.2) is 0 Å². The van der Waals surface area contributed by atoms with Gasteiger partial charge in [0.2, 0.25) is 0 Å². The monoisotopic (exact) mass is 154 g/mol. The van der Waals surface area contributed by atoms with Crippen LogP contribution in [0.3, 0.4) is 0 Å². The zero-order chi connectivity index (χ0) is 8.10. The summed E-state index contributed by atoms with van der Waals surface area (Å²) in [5, 5.41) is 0. The molecule has 0 aromatic rings. The minimum Gasteiger partial charge on any atom is -0.0654 e. The van der Waals surface area contributed by atoms with Gasteiger partial charge in [-0.3, -0.25) is 0 Å². The van der Waals surface area contributed by atoms with E-state index in [2.05, 4.69) is 13.8 Å². The SMILES string of the molecule is CCCC1CCCC[C@H]1CC. The smallest absolute Gasteiger partial charge is 0.0386 e. The van der Waals surface area contributed by atoms with Crippen LogP contribution < -0.4 is 0 Å². The quantitative estimate of drug-likeness (QED) is 0.576. The summed E-state index contributed by atoms with van der Waals surface area (Å²) in [6.07, 6.45) is 10.3. The third kappa shape index (κ3) is 2.50. The highest BCUT2D eigenvalue weighted by atomic mass is 14.3. The van der Waals surface area contributed by atoms with E-state index in [9.17, 15) is 0 Å². The molecule has 0 radical (unpaired) electrons. The Balaban J connectivity index is 2.31. The maximum Gasteiger partial charge on any atom is -0.0386 e. The standard InChI is InChI=1S/C11H22/c1-3-7-11-9-6-5-8-10(11)4-2/h10-11H,3-9H2,1-2H3/t10-,11?/m1/s1. The van der Waals surface area contributed by atoms with Gasteiger partial charge in [0, 0.05) is 0 Å². The summed E-state index contributed by atoms with van der Waals surface area (Å²) in [6, 6.07) is 0. The lowest BCUT2D eigenvalue weighted by molar-refractivity contribution is 0.216. The normalized spacial score (nSPS) is 32.2. The summed E-state index contributed by atoms with van der Waals surface area (Å²) in [5.74, 6) is 2.16. The molecule has 1 saturated carbocycles. The fraction of sp³-hybridized carbons (Fsp3) is 1.00. The maximum absolute atomic E-state index is 2.36. The van der Waals surface area contributed by atoms with Crippen LogP contribution in [0.2, 0.25) is 0 Å². The Morgan fingerprint density at radius 3 is 2.18 bits per heavy atom. The summed E-state index contributed by atoms with van der Waals surface area (Å²) >= 11 is 0. The molecule has 1 aliphatic rings. The highest BCUT2D eigenvalue weighted by molar-refractivity contribution is 4.73. The van der Waals surface area contributed by atoms with E-state index >= 15 is 0 Å². The minimum absolute atomic E-state index is 1.07. The zero-order valence-electron chi connectivity index (χ0n) is 8.10. The molecule has 11 heavy (non-hydrogen) atoms. The summed E-state index contributed by atoms with van der Waals surface area (Å²) in [4.78, 5) is 0. The lowest BCUT2D eigenvalue weighted by atomic mass is 9.76. The van der Waals surface area contributed by atoms with Gasteiger partial charge in [-0.15, -0.1) is 0 Å². The zero-order valence-corrected chi connectivity index (χ0v) is 8.10. The van der Waals surface area contributed by atoms with Crippen LogP contribution in [0.5, 0.6) is 0 Å². The Hall–Kier alpha value is 0. The molecule has 0 aromatic heterocycles. The van der Waals surface area contributed by atoms with Gasteiger partial charge >= 0.3 is 0 Å². The van der Waals surface area contributed by atoms with Gasteiger partial charge in [0.1, 0.15) is 0 Å². The third-order valence-corrected chi connectivity index (χ3v) is 3.25. The molecule has 0 aliphatic heterocycles. The van der Waals surface area contributed by atoms with Crippen LogP contribution in [0.25, 0.3) is 0 Å². The molecule has 66 valence electrons.